The largest absolute Gasteiger partial charge is 0.353 e. The van der Waals surface area contributed by atoms with E-state index in [1.54, 1.807) is 18.3 Å². The highest BCUT2D eigenvalue weighted by Crippen LogP contribution is 2.11. The maximum Gasteiger partial charge on any atom is 0.229 e. The van der Waals surface area contributed by atoms with E-state index in [-0.39, 0.29) is 11.9 Å². The molecule has 2 aromatic rings. The predicted molar refractivity (Wildman–Crippen MR) is 62.3 cm³/mol. The van der Waals surface area contributed by atoms with Crippen LogP contribution in [0.5, 0.6) is 0 Å². The Bertz CT molecular complexity index is 525. The summed E-state index contributed by atoms with van der Waals surface area (Å²) in [7, 11) is 0. The highest BCUT2D eigenvalue weighted by Gasteiger charge is 2.13. The van der Waals surface area contributed by atoms with Crippen molar-refractivity contribution in [2.75, 3.05) is 0 Å². The third-order valence-electron chi connectivity index (χ3n) is 2.20. The molecule has 0 fully saturated rings. The van der Waals surface area contributed by atoms with E-state index in [0.717, 1.165) is 0 Å². The molecule has 2 heterocycles. The van der Waals surface area contributed by atoms with Crippen LogP contribution < -0.4 is 5.32 Å². The molecule has 0 aromatic carbocycles. The molecule has 0 spiro atoms. The van der Waals surface area contributed by atoms with E-state index in [2.05, 4.69) is 25.7 Å². The Labute approximate surface area is 104 Å². The predicted octanol–water partition coefficient (Wildman–Crippen LogP) is 0.594. The molecule has 1 atom stereocenters. The molecule has 1 unspecified atom stereocenters. The monoisotopic (exact) mass is 247 g/mol. The minimum atomic E-state index is -0.0869. The van der Waals surface area contributed by atoms with Crippen molar-refractivity contribution in [1.29, 1.82) is 0 Å². The lowest BCUT2D eigenvalue weighted by molar-refractivity contribution is -0.119. The summed E-state index contributed by atoms with van der Waals surface area (Å²) in [6.45, 7) is 3.34. The zero-order valence-electron chi connectivity index (χ0n) is 10.1. The van der Waals surface area contributed by atoms with Gasteiger partial charge in [-0.15, -0.1) is 5.10 Å². The van der Waals surface area contributed by atoms with E-state index in [1.165, 1.54) is 6.92 Å². The van der Waals surface area contributed by atoms with Crippen LogP contribution in [-0.4, -0.2) is 32.3 Å². The van der Waals surface area contributed by atoms with Crippen molar-refractivity contribution in [3.63, 3.8) is 0 Å². The third-order valence-corrected chi connectivity index (χ3v) is 2.20. The van der Waals surface area contributed by atoms with Gasteiger partial charge in [0.05, 0.1) is 0 Å². The van der Waals surface area contributed by atoms with Crippen molar-refractivity contribution in [1.82, 2.24) is 25.7 Å². The summed E-state index contributed by atoms with van der Waals surface area (Å²) in [6.07, 6.45) is 2.05. The average molecular weight is 247 g/mol. The quantitative estimate of drug-likeness (QED) is 0.850. The fourth-order valence-electron chi connectivity index (χ4n) is 1.52. The van der Waals surface area contributed by atoms with Gasteiger partial charge in [-0.2, -0.15) is 10.1 Å². The number of hydrogen-bond donors (Lipinski definition) is 1. The van der Waals surface area contributed by atoms with Gasteiger partial charge in [-0.25, -0.2) is 0 Å². The van der Waals surface area contributed by atoms with Crippen molar-refractivity contribution >= 4 is 5.91 Å². The molecule has 7 nitrogen and oxygen atoms in total. The molecule has 0 bridgehead atoms. The SMILES string of the molecule is CC(=O)NC(C)Cc1nc(-c2cccnn2)no1. The average Bonchev–Trinajstić information content (AvgIpc) is 2.77. The van der Waals surface area contributed by atoms with Gasteiger partial charge < -0.3 is 9.84 Å². The van der Waals surface area contributed by atoms with Gasteiger partial charge in [-0.05, 0) is 19.1 Å². The molecule has 0 radical (unpaired) electrons. The lowest BCUT2D eigenvalue weighted by atomic mass is 10.2. The highest BCUT2D eigenvalue weighted by molar-refractivity contribution is 5.73. The lowest BCUT2D eigenvalue weighted by Crippen LogP contribution is -2.32. The molecule has 2 aromatic heterocycles. The van der Waals surface area contributed by atoms with Crippen LogP contribution in [0.2, 0.25) is 0 Å². The second kappa shape index (κ2) is 5.35. The van der Waals surface area contributed by atoms with E-state index < -0.39 is 0 Å². The smallest absolute Gasteiger partial charge is 0.229 e. The molecule has 1 N–H and O–H groups in total. The molecule has 2 rings (SSSR count). The van der Waals surface area contributed by atoms with Crippen LogP contribution in [-0.2, 0) is 11.2 Å². The number of hydrogen-bond acceptors (Lipinski definition) is 6. The van der Waals surface area contributed by atoms with E-state index in [1.807, 2.05) is 6.92 Å². The lowest BCUT2D eigenvalue weighted by Gasteiger charge is -2.08. The molecule has 0 aliphatic carbocycles. The van der Waals surface area contributed by atoms with Crippen molar-refractivity contribution in [3.05, 3.63) is 24.2 Å². The van der Waals surface area contributed by atoms with Gasteiger partial charge in [0.1, 0.15) is 5.69 Å². The van der Waals surface area contributed by atoms with Gasteiger partial charge in [-0.3, -0.25) is 4.79 Å². The van der Waals surface area contributed by atoms with Crippen LogP contribution in [0.4, 0.5) is 0 Å². The van der Waals surface area contributed by atoms with E-state index in [9.17, 15) is 4.79 Å². The van der Waals surface area contributed by atoms with Gasteiger partial charge >= 0.3 is 0 Å². The fraction of sp³-hybridized carbons (Fsp3) is 0.364. The number of rotatable bonds is 4. The number of carbonyl (C=O) groups excluding carboxylic acids is 1. The van der Waals surface area contributed by atoms with Crippen LogP contribution in [0, 0.1) is 0 Å². The topological polar surface area (TPSA) is 93.8 Å². The fourth-order valence-corrected chi connectivity index (χ4v) is 1.52. The first-order valence-electron chi connectivity index (χ1n) is 5.53. The second-order valence-corrected chi connectivity index (χ2v) is 3.93. The number of aromatic nitrogens is 4. The third kappa shape index (κ3) is 3.09. The van der Waals surface area contributed by atoms with E-state index in [4.69, 9.17) is 4.52 Å². The first kappa shape index (κ1) is 12.2. The molecule has 1 amide bonds. The summed E-state index contributed by atoms with van der Waals surface area (Å²) < 4.78 is 5.09. The van der Waals surface area contributed by atoms with Gasteiger partial charge in [-0.1, -0.05) is 5.16 Å². The zero-order valence-corrected chi connectivity index (χ0v) is 10.1. The zero-order chi connectivity index (χ0) is 13.0. The minimum Gasteiger partial charge on any atom is -0.353 e. The summed E-state index contributed by atoms with van der Waals surface area (Å²) in [6, 6.07) is 3.44. The highest BCUT2D eigenvalue weighted by atomic mass is 16.5. The van der Waals surface area contributed by atoms with Crippen LogP contribution in [0.3, 0.4) is 0 Å². The van der Waals surface area contributed by atoms with Gasteiger partial charge in [0.2, 0.25) is 17.6 Å². The summed E-state index contributed by atoms with van der Waals surface area (Å²) in [5.74, 6) is 0.765. The summed E-state index contributed by atoms with van der Waals surface area (Å²) in [5.41, 5.74) is 0.555. The minimum absolute atomic E-state index is 0.0577. The first-order chi connectivity index (χ1) is 8.65. The molecule has 7 heteroatoms. The Balaban J connectivity index is 2.05. The number of carbonyl (C=O) groups is 1. The van der Waals surface area contributed by atoms with Crippen molar-refractivity contribution in [3.8, 4) is 11.5 Å². The Morgan fingerprint density at radius 2 is 2.39 bits per heavy atom. The second-order valence-electron chi connectivity index (χ2n) is 3.93. The van der Waals surface area contributed by atoms with E-state index >= 15 is 0 Å². The number of nitrogens with zero attached hydrogens (tertiary/aromatic N) is 4. The van der Waals surface area contributed by atoms with Gasteiger partial charge in [0.25, 0.3) is 0 Å². The number of nitrogens with one attached hydrogen (secondary N) is 1. The molecule has 94 valence electrons. The molecule has 0 aliphatic heterocycles. The summed E-state index contributed by atoms with van der Waals surface area (Å²) >= 11 is 0. The van der Waals surface area contributed by atoms with Crippen LogP contribution in [0.15, 0.2) is 22.9 Å². The maximum atomic E-state index is 10.9. The van der Waals surface area contributed by atoms with Crippen LogP contribution >= 0.6 is 0 Å². The van der Waals surface area contributed by atoms with Crippen LogP contribution in [0.1, 0.15) is 19.7 Å². The Hall–Kier alpha value is -2.31. The number of amides is 1. The van der Waals surface area contributed by atoms with Crippen LogP contribution in [0.25, 0.3) is 11.5 Å². The molecular weight excluding hydrogens is 234 g/mol. The summed E-state index contributed by atoms with van der Waals surface area (Å²) in [4.78, 5) is 15.1. The van der Waals surface area contributed by atoms with Crippen molar-refractivity contribution in [2.45, 2.75) is 26.3 Å². The molecule has 18 heavy (non-hydrogen) atoms. The maximum absolute atomic E-state index is 10.9. The molecule has 0 aliphatic rings. The normalized spacial score (nSPS) is 12.1. The molecular formula is C11H13N5O2. The van der Waals surface area contributed by atoms with Gasteiger partial charge in [0, 0.05) is 25.6 Å². The van der Waals surface area contributed by atoms with E-state index in [0.29, 0.717) is 23.8 Å². The summed E-state index contributed by atoms with van der Waals surface area (Å²) in [5, 5.41) is 14.2. The Morgan fingerprint density at radius 3 is 3.06 bits per heavy atom. The Morgan fingerprint density at radius 1 is 1.56 bits per heavy atom. The van der Waals surface area contributed by atoms with Crippen molar-refractivity contribution < 1.29 is 9.32 Å². The molecule has 0 saturated heterocycles. The standard InChI is InChI=1S/C11H13N5O2/c1-7(13-8(2)17)6-10-14-11(16-18-10)9-4-3-5-12-15-9/h3-5,7H,6H2,1-2H3,(H,13,17). The Kier molecular flexibility index (Phi) is 3.61. The van der Waals surface area contributed by atoms with Crippen molar-refractivity contribution in [2.24, 2.45) is 0 Å². The molecule has 0 saturated carbocycles. The van der Waals surface area contributed by atoms with Gasteiger partial charge in [0.15, 0.2) is 0 Å². The first-order valence-corrected chi connectivity index (χ1v) is 5.53.